The van der Waals surface area contributed by atoms with Crippen LogP contribution in [-0.4, -0.2) is 15.7 Å². The van der Waals surface area contributed by atoms with Crippen molar-refractivity contribution in [2.24, 2.45) is 7.05 Å². The molecule has 1 aromatic heterocycles. The fourth-order valence-electron chi connectivity index (χ4n) is 1.78. The molecule has 0 spiro atoms. The Morgan fingerprint density at radius 2 is 2.14 bits per heavy atom. The molecule has 2 N–H and O–H groups in total. The standard InChI is InChI=1S/C13H12BrCl2N3O2/c1-6-11(14)10(19(2)18-6)5-21-13(20)7-3-8(15)12(16)9(17)4-7/h3-4H,5,17H2,1-2H3. The lowest BCUT2D eigenvalue weighted by Gasteiger charge is -2.08. The number of hydrogen-bond acceptors (Lipinski definition) is 4. The molecule has 1 aromatic carbocycles. The monoisotopic (exact) mass is 391 g/mol. The molecule has 0 aliphatic heterocycles. The summed E-state index contributed by atoms with van der Waals surface area (Å²) in [5.41, 5.74) is 7.73. The zero-order chi connectivity index (χ0) is 15.7. The van der Waals surface area contributed by atoms with E-state index in [2.05, 4.69) is 21.0 Å². The van der Waals surface area contributed by atoms with Gasteiger partial charge in [0.25, 0.3) is 0 Å². The van der Waals surface area contributed by atoms with Crippen LogP contribution in [0.25, 0.3) is 0 Å². The van der Waals surface area contributed by atoms with Gasteiger partial charge in [-0.1, -0.05) is 23.2 Å². The Labute approximate surface area is 140 Å². The molecule has 112 valence electrons. The van der Waals surface area contributed by atoms with E-state index in [9.17, 15) is 4.79 Å². The molecule has 0 saturated carbocycles. The minimum atomic E-state index is -0.536. The first-order valence-corrected chi connectivity index (χ1v) is 7.45. The normalized spacial score (nSPS) is 10.7. The van der Waals surface area contributed by atoms with Crippen molar-refractivity contribution in [2.45, 2.75) is 13.5 Å². The van der Waals surface area contributed by atoms with E-state index < -0.39 is 5.97 Å². The van der Waals surface area contributed by atoms with Gasteiger partial charge in [-0.15, -0.1) is 0 Å². The molecule has 0 saturated heterocycles. The van der Waals surface area contributed by atoms with Gasteiger partial charge in [-0.25, -0.2) is 4.79 Å². The third-order valence-corrected chi connectivity index (χ3v) is 4.74. The second-order valence-electron chi connectivity index (χ2n) is 4.41. The number of rotatable bonds is 3. The van der Waals surface area contributed by atoms with Crippen molar-refractivity contribution in [3.63, 3.8) is 0 Å². The van der Waals surface area contributed by atoms with E-state index in [-0.39, 0.29) is 27.9 Å². The molecule has 0 unspecified atom stereocenters. The van der Waals surface area contributed by atoms with Crippen molar-refractivity contribution in [1.29, 1.82) is 0 Å². The van der Waals surface area contributed by atoms with Crippen molar-refractivity contribution in [3.05, 3.63) is 43.6 Å². The van der Waals surface area contributed by atoms with Crippen LogP contribution in [0.4, 0.5) is 5.69 Å². The number of aromatic nitrogens is 2. The lowest BCUT2D eigenvalue weighted by molar-refractivity contribution is 0.0462. The first-order valence-electron chi connectivity index (χ1n) is 5.91. The van der Waals surface area contributed by atoms with Crippen LogP contribution in [-0.2, 0) is 18.4 Å². The summed E-state index contributed by atoms with van der Waals surface area (Å²) in [6, 6.07) is 2.85. The third kappa shape index (κ3) is 3.33. The SMILES string of the molecule is Cc1nn(C)c(COC(=O)c2cc(N)c(Cl)c(Cl)c2)c1Br. The summed E-state index contributed by atoms with van der Waals surface area (Å²) >= 11 is 15.1. The van der Waals surface area contributed by atoms with E-state index in [4.69, 9.17) is 33.7 Å². The molecule has 0 bridgehead atoms. The number of halogens is 3. The molecular weight excluding hydrogens is 381 g/mol. The highest BCUT2D eigenvalue weighted by Crippen LogP contribution is 2.30. The van der Waals surface area contributed by atoms with Crippen LogP contribution in [0, 0.1) is 6.92 Å². The van der Waals surface area contributed by atoms with Gasteiger partial charge < -0.3 is 10.5 Å². The highest BCUT2D eigenvalue weighted by molar-refractivity contribution is 9.10. The molecule has 5 nitrogen and oxygen atoms in total. The smallest absolute Gasteiger partial charge is 0.338 e. The third-order valence-electron chi connectivity index (χ3n) is 2.89. The van der Waals surface area contributed by atoms with Crippen LogP contribution >= 0.6 is 39.1 Å². The Hall–Kier alpha value is -1.24. The number of esters is 1. The molecule has 2 aromatic rings. The van der Waals surface area contributed by atoms with Crippen molar-refractivity contribution >= 4 is 50.8 Å². The van der Waals surface area contributed by atoms with Crippen molar-refractivity contribution < 1.29 is 9.53 Å². The molecular formula is C13H12BrCl2N3O2. The highest BCUT2D eigenvalue weighted by Gasteiger charge is 2.16. The Bertz CT molecular complexity index is 693. The number of carbonyl (C=O) groups is 1. The largest absolute Gasteiger partial charge is 0.456 e. The molecule has 0 amide bonds. The first kappa shape index (κ1) is 16.1. The molecule has 0 aliphatic carbocycles. The Morgan fingerprint density at radius 3 is 2.67 bits per heavy atom. The fraction of sp³-hybridized carbons (Fsp3) is 0.231. The number of aryl methyl sites for hydroxylation is 2. The van der Waals surface area contributed by atoms with E-state index >= 15 is 0 Å². The zero-order valence-electron chi connectivity index (χ0n) is 11.3. The summed E-state index contributed by atoms with van der Waals surface area (Å²) in [6.07, 6.45) is 0. The van der Waals surface area contributed by atoms with Crippen molar-refractivity contribution in [3.8, 4) is 0 Å². The van der Waals surface area contributed by atoms with E-state index in [1.54, 1.807) is 11.7 Å². The summed E-state index contributed by atoms with van der Waals surface area (Å²) in [5.74, 6) is -0.536. The number of hydrogen-bond donors (Lipinski definition) is 1. The van der Waals surface area contributed by atoms with E-state index in [0.717, 1.165) is 15.9 Å². The molecule has 1 heterocycles. The van der Waals surface area contributed by atoms with Gasteiger partial charge in [0.05, 0.1) is 37.2 Å². The van der Waals surface area contributed by atoms with Gasteiger partial charge in [0.1, 0.15) is 6.61 Å². The molecule has 0 fully saturated rings. The summed E-state index contributed by atoms with van der Waals surface area (Å²) in [6.45, 7) is 1.94. The summed E-state index contributed by atoms with van der Waals surface area (Å²) < 4.78 is 7.71. The topological polar surface area (TPSA) is 70.1 Å². The number of carbonyl (C=O) groups excluding carboxylic acids is 1. The van der Waals surface area contributed by atoms with Crippen LogP contribution in [0.3, 0.4) is 0 Å². The van der Waals surface area contributed by atoms with Gasteiger partial charge in [-0.3, -0.25) is 4.68 Å². The van der Waals surface area contributed by atoms with Gasteiger partial charge in [0, 0.05) is 7.05 Å². The zero-order valence-corrected chi connectivity index (χ0v) is 14.4. The highest BCUT2D eigenvalue weighted by atomic mass is 79.9. The minimum Gasteiger partial charge on any atom is -0.456 e. The maximum absolute atomic E-state index is 12.0. The van der Waals surface area contributed by atoms with Crippen LogP contribution in [0.15, 0.2) is 16.6 Å². The first-order chi connectivity index (χ1) is 9.81. The molecule has 0 atom stereocenters. The minimum absolute atomic E-state index is 0.0803. The molecule has 0 aliphatic rings. The Kier molecular flexibility index (Phi) is 4.81. The molecule has 2 rings (SSSR count). The van der Waals surface area contributed by atoms with Crippen LogP contribution < -0.4 is 5.73 Å². The summed E-state index contributed by atoms with van der Waals surface area (Å²) in [4.78, 5) is 12.0. The second-order valence-corrected chi connectivity index (χ2v) is 5.99. The van der Waals surface area contributed by atoms with Gasteiger partial charge in [0.15, 0.2) is 0 Å². The van der Waals surface area contributed by atoms with Crippen molar-refractivity contribution in [2.75, 3.05) is 5.73 Å². The Morgan fingerprint density at radius 1 is 1.48 bits per heavy atom. The van der Waals surface area contributed by atoms with E-state index in [1.165, 1.54) is 12.1 Å². The Balaban J connectivity index is 2.16. The molecule has 8 heteroatoms. The number of benzene rings is 1. The number of nitrogens with two attached hydrogens (primary N) is 1. The molecule has 21 heavy (non-hydrogen) atoms. The van der Waals surface area contributed by atoms with Gasteiger partial charge in [-0.2, -0.15) is 5.10 Å². The van der Waals surface area contributed by atoms with Crippen LogP contribution in [0.5, 0.6) is 0 Å². The van der Waals surface area contributed by atoms with Crippen LogP contribution in [0.2, 0.25) is 10.0 Å². The van der Waals surface area contributed by atoms with E-state index in [0.29, 0.717) is 0 Å². The molecule has 0 radical (unpaired) electrons. The van der Waals surface area contributed by atoms with Gasteiger partial charge >= 0.3 is 5.97 Å². The lowest BCUT2D eigenvalue weighted by Crippen LogP contribution is -2.09. The average Bonchev–Trinajstić information content (AvgIpc) is 2.66. The van der Waals surface area contributed by atoms with E-state index in [1.807, 2.05) is 6.92 Å². The van der Waals surface area contributed by atoms with Gasteiger partial charge in [0.2, 0.25) is 0 Å². The number of nitrogen functional groups attached to an aromatic ring is 1. The second kappa shape index (κ2) is 6.25. The summed E-state index contributed by atoms with van der Waals surface area (Å²) in [7, 11) is 1.78. The summed E-state index contributed by atoms with van der Waals surface area (Å²) in [5, 5.41) is 4.65. The predicted octanol–water partition coefficient (Wildman–Crippen LogP) is 3.74. The van der Waals surface area contributed by atoms with Crippen LogP contribution in [0.1, 0.15) is 21.7 Å². The maximum Gasteiger partial charge on any atom is 0.338 e. The quantitative estimate of drug-likeness (QED) is 0.638. The number of anilines is 1. The predicted molar refractivity (Wildman–Crippen MR) is 85.6 cm³/mol. The fourth-order valence-corrected chi connectivity index (χ4v) is 2.57. The average molecular weight is 393 g/mol. The lowest BCUT2D eigenvalue weighted by atomic mass is 10.2. The maximum atomic E-state index is 12.0. The number of nitrogens with zero attached hydrogens (tertiary/aromatic N) is 2. The van der Waals surface area contributed by atoms with Crippen molar-refractivity contribution in [1.82, 2.24) is 9.78 Å². The van der Waals surface area contributed by atoms with Gasteiger partial charge in [-0.05, 0) is 35.0 Å². The number of ether oxygens (including phenoxy) is 1.